The van der Waals surface area contributed by atoms with Crippen molar-refractivity contribution >= 4 is 11.9 Å². The zero-order valence-corrected chi connectivity index (χ0v) is 18.4. The number of halogens is 3. The average molecular weight is 476 g/mol. The molecule has 11 heteroatoms. The predicted molar refractivity (Wildman–Crippen MR) is 119 cm³/mol. The molecule has 34 heavy (non-hydrogen) atoms. The van der Waals surface area contributed by atoms with Crippen molar-refractivity contribution in [2.24, 2.45) is 0 Å². The highest BCUT2D eigenvalue weighted by atomic mass is 19.4. The monoisotopic (exact) mass is 476 g/mol. The van der Waals surface area contributed by atoms with E-state index in [2.05, 4.69) is 20.0 Å². The molecule has 180 valence electrons. The van der Waals surface area contributed by atoms with E-state index in [9.17, 15) is 22.8 Å². The number of aromatic nitrogens is 2. The summed E-state index contributed by atoms with van der Waals surface area (Å²) in [6, 6.07) is 14.9. The van der Waals surface area contributed by atoms with Crippen LogP contribution in [0.25, 0.3) is 0 Å². The Morgan fingerprint density at radius 3 is 2.44 bits per heavy atom. The smallest absolute Gasteiger partial charge is 0.406 e. The van der Waals surface area contributed by atoms with Gasteiger partial charge in [0.2, 0.25) is 5.95 Å². The molecule has 0 spiro atoms. The molecule has 0 aliphatic rings. The van der Waals surface area contributed by atoms with E-state index in [1.807, 2.05) is 30.3 Å². The standard InChI is InChI=1S/C23H23F3N4O4/c1-30(13-15-6-4-3-5-7-15)22-28-18(12-20(31)29-22)21(32)27-19(14-33-2)16-8-10-17(11-9-16)34-23(24,25)26/h3-12,19H,13-14H2,1-2H3,(H,27,32)(H,28,29,31). The number of methoxy groups -OCH3 is 1. The van der Waals surface area contributed by atoms with Crippen LogP contribution in [0.15, 0.2) is 65.5 Å². The number of ether oxygens (including phenoxy) is 2. The fraction of sp³-hybridized carbons (Fsp3) is 0.261. The maximum Gasteiger partial charge on any atom is 0.573 e. The number of hydrogen-bond donors (Lipinski definition) is 2. The second-order valence-electron chi connectivity index (χ2n) is 7.39. The zero-order valence-electron chi connectivity index (χ0n) is 18.4. The van der Waals surface area contributed by atoms with Gasteiger partial charge in [-0.1, -0.05) is 42.5 Å². The second kappa shape index (κ2) is 10.8. The van der Waals surface area contributed by atoms with Gasteiger partial charge in [0.15, 0.2) is 0 Å². The van der Waals surface area contributed by atoms with Gasteiger partial charge in [0.1, 0.15) is 11.4 Å². The van der Waals surface area contributed by atoms with E-state index in [0.717, 1.165) is 23.8 Å². The predicted octanol–water partition coefficient (Wildman–Crippen LogP) is 3.42. The molecule has 8 nitrogen and oxygen atoms in total. The van der Waals surface area contributed by atoms with Crippen molar-refractivity contribution < 1.29 is 27.4 Å². The quantitative estimate of drug-likeness (QED) is 0.491. The molecular weight excluding hydrogens is 453 g/mol. The largest absolute Gasteiger partial charge is 0.573 e. The third kappa shape index (κ3) is 7.07. The van der Waals surface area contributed by atoms with E-state index in [4.69, 9.17) is 4.74 Å². The Kier molecular flexibility index (Phi) is 7.90. The second-order valence-corrected chi connectivity index (χ2v) is 7.39. The minimum atomic E-state index is -4.81. The van der Waals surface area contributed by atoms with Gasteiger partial charge in [-0.2, -0.15) is 0 Å². The van der Waals surface area contributed by atoms with Gasteiger partial charge in [-0.3, -0.25) is 14.6 Å². The van der Waals surface area contributed by atoms with Crippen molar-refractivity contribution in [2.45, 2.75) is 18.9 Å². The first-order valence-electron chi connectivity index (χ1n) is 10.2. The molecule has 0 aliphatic carbocycles. The van der Waals surface area contributed by atoms with Crippen LogP contribution in [0.1, 0.15) is 27.7 Å². The van der Waals surface area contributed by atoms with E-state index in [1.165, 1.54) is 19.2 Å². The van der Waals surface area contributed by atoms with Crippen molar-refractivity contribution in [3.63, 3.8) is 0 Å². The molecule has 1 amide bonds. The minimum Gasteiger partial charge on any atom is -0.406 e. The summed E-state index contributed by atoms with van der Waals surface area (Å²) in [5.41, 5.74) is 0.848. The fourth-order valence-electron chi connectivity index (χ4n) is 3.20. The Balaban J connectivity index is 1.76. The number of carbonyl (C=O) groups is 1. The van der Waals surface area contributed by atoms with Gasteiger partial charge in [0.25, 0.3) is 11.5 Å². The highest BCUT2D eigenvalue weighted by Crippen LogP contribution is 2.24. The summed E-state index contributed by atoms with van der Waals surface area (Å²) in [4.78, 5) is 33.6. The van der Waals surface area contributed by atoms with Crippen LogP contribution in [-0.4, -0.2) is 43.0 Å². The number of rotatable bonds is 9. The van der Waals surface area contributed by atoms with Crippen LogP contribution in [0.4, 0.5) is 19.1 Å². The number of alkyl halides is 3. The highest BCUT2D eigenvalue weighted by molar-refractivity contribution is 5.92. The first-order valence-corrected chi connectivity index (χ1v) is 10.2. The lowest BCUT2D eigenvalue weighted by molar-refractivity contribution is -0.274. The lowest BCUT2D eigenvalue weighted by Gasteiger charge is -2.20. The van der Waals surface area contributed by atoms with Crippen molar-refractivity contribution in [3.05, 3.63) is 87.8 Å². The summed E-state index contributed by atoms with van der Waals surface area (Å²) in [6.07, 6.45) is -4.81. The van der Waals surface area contributed by atoms with Crippen molar-refractivity contribution in [1.29, 1.82) is 0 Å². The number of benzene rings is 2. The molecule has 2 aromatic carbocycles. The van der Waals surface area contributed by atoms with E-state index in [1.54, 1.807) is 11.9 Å². The molecule has 3 aromatic rings. The summed E-state index contributed by atoms with van der Waals surface area (Å²) in [7, 11) is 3.15. The molecule has 3 rings (SSSR count). The van der Waals surface area contributed by atoms with Crippen LogP contribution < -0.4 is 20.5 Å². The van der Waals surface area contributed by atoms with Crippen molar-refractivity contribution in [3.8, 4) is 5.75 Å². The number of nitrogens with zero attached hydrogens (tertiary/aromatic N) is 2. The molecule has 1 aromatic heterocycles. The lowest BCUT2D eigenvalue weighted by atomic mass is 10.1. The molecular formula is C23H23F3N4O4. The van der Waals surface area contributed by atoms with Crippen molar-refractivity contribution in [1.82, 2.24) is 15.3 Å². The molecule has 1 atom stereocenters. The van der Waals surface area contributed by atoms with Gasteiger partial charge >= 0.3 is 6.36 Å². The van der Waals surface area contributed by atoms with Crippen molar-refractivity contribution in [2.75, 3.05) is 25.7 Å². The van der Waals surface area contributed by atoms with Gasteiger partial charge in [-0.05, 0) is 23.3 Å². The molecule has 1 heterocycles. The molecule has 0 fully saturated rings. The minimum absolute atomic E-state index is 0.0369. The SMILES string of the molecule is COCC(NC(=O)c1cc(=O)[nH]c(N(C)Cc2ccccc2)n1)c1ccc(OC(F)(F)F)cc1. The van der Waals surface area contributed by atoms with Gasteiger partial charge in [0, 0.05) is 26.8 Å². The van der Waals surface area contributed by atoms with Crippen LogP contribution in [0.5, 0.6) is 5.75 Å². The van der Waals surface area contributed by atoms with Crippen LogP contribution >= 0.6 is 0 Å². The summed E-state index contributed by atoms with van der Waals surface area (Å²) in [5, 5.41) is 2.70. The van der Waals surface area contributed by atoms with Crippen LogP contribution in [0.3, 0.4) is 0 Å². The average Bonchev–Trinajstić information content (AvgIpc) is 2.78. The summed E-state index contributed by atoms with van der Waals surface area (Å²) in [6.45, 7) is 0.489. The topological polar surface area (TPSA) is 96.5 Å². The van der Waals surface area contributed by atoms with Gasteiger partial charge in [-0.25, -0.2) is 4.98 Å². The number of hydrogen-bond acceptors (Lipinski definition) is 6. The van der Waals surface area contributed by atoms with Crippen LogP contribution in [0.2, 0.25) is 0 Å². The Hall–Kier alpha value is -3.86. The van der Waals surface area contributed by atoms with E-state index in [-0.39, 0.29) is 24.0 Å². The van der Waals surface area contributed by atoms with Gasteiger partial charge in [0.05, 0.1) is 12.6 Å². The third-order valence-electron chi connectivity index (χ3n) is 4.74. The normalized spacial score (nSPS) is 12.1. The lowest BCUT2D eigenvalue weighted by Crippen LogP contribution is -2.33. The highest BCUT2D eigenvalue weighted by Gasteiger charge is 2.31. The Morgan fingerprint density at radius 2 is 1.82 bits per heavy atom. The van der Waals surface area contributed by atoms with Crippen LogP contribution in [0, 0.1) is 0 Å². The molecule has 0 saturated heterocycles. The maximum atomic E-state index is 12.9. The molecule has 0 bridgehead atoms. The van der Waals surface area contributed by atoms with E-state index < -0.39 is 23.9 Å². The first kappa shape index (κ1) is 24.8. The number of H-pyrrole nitrogens is 1. The van der Waals surface area contributed by atoms with Gasteiger partial charge in [-0.15, -0.1) is 13.2 Å². The first-order chi connectivity index (χ1) is 16.1. The Morgan fingerprint density at radius 1 is 1.15 bits per heavy atom. The number of nitrogens with one attached hydrogen (secondary N) is 2. The number of aromatic amines is 1. The summed E-state index contributed by atoms with van der Waals surface area (Å²) < 4.78 is 46.2. The van der Waals surface area contributed by atoms with Crippen LogP contribution in [-0.2, 0) is 11.3 Å². The number of carbonyl (C=O) groups excluding carboxylic acids is 1. The Labute approximate surface area is 193 Å². The third-order valence-corrected chi connectivity index (χ3v) is 4.74. The number of anilines is 1. The van der Waals surface area contributed by atoms with E-state index >= 15 is 0 Å². The summed E-state index contributed by atoms with van der Waals surface area (Å²) in [5.74, 6) is -0.822. The molecule has 2 N–H and O–H groups in total. The molecule has 0 saturated carbocycles. The summed E-state index contributed by atoms with van der Waals surface area (Å²) >= 11 is 0. The number of amides is 1. The van der Waals surface area contributed by atoms with Gasteiger partial charge < -0.3 is 19.7 Å². The molecule has 1 unspecified atom stereocenters. The fourth-order valence-corrected chi connectivity index (χ4v) is 3.20. The maximum absolute atomic E-state index is 12.9. The zero-order chi connectivity index (χ0) is 24.7. The molecule has 0 aliphatic heterocycles. The molecule has 0 radical (unpaired) electrons. The Bertz CT molecular complexity index is 1150. The van der Waals surface area contributed by atoms with E-state index in [0.29, 0.717) is 12.1 Å².